The van der Waals surface area contributed by atoms with Gasteiger partial charge in [0.15, 0.2) is 11.5 Å². The lowest BCUT2D eigenvalue weighted by Crippen LogP contribution is -2.15. The van der Waals surface area contributed by atoms with Crippen LogP contribution in [-0.2, 0) is 0 Å². The average molecular weight is 255 g/mol. The van der Waals surface area contributed by atoms with Crippen molar-refractivity contribution in [3.8, 4) is 22.1 Å². The van der Waals surface area contributed by atoms with Gasteiger partial charge in [-0.25, -0.2) is 4.98 Å². The second-order valence-corrected chi connectivity index (χ2v) is 4.32. The van der Waals surface area contributed by atoms with E-state index in [1.54, 1.807) is 0 Å². The highest BCUT2D eigenvalue weighted by atomic mass is 35.5. The predicted octanol–water partition coefficient (Wildman–Crippen LogP) is 2.63. The van der Waals surface area contributed by atoms with Crippen LogP contribution < -0.4 is 9.47 Å². The molecule has 0 fully saturated rings. The van der Waals surface area contributed by atoms with Crippen LogP contribution in [0.2, 0.25) is 5.28 Å². The van der Waals surface area contributed by atoms with E-state index in [9.17, 15) is 0 Å². The number of hydrogen-bond donors (Lipinski definition) is 0. The molecule has 0 unspecified atom stereocenters. The van der Waals surface area contributed by atoms with Gasteiger partial charge in [-0.05, 0) is 41.3 Å². The van der Waals surface area contributed by atoms with E-state index in [0.29, 0.717) is 13.2 Å². The van der Waals surface area contributed by atoms with Crippen LogP contribution >= 0.6 is 23.1 Å². The smallest absolute Gasteiger partial charge is 0.234 e. The Hall–Kier alpha value is -1.33. The fourth-order valence-electron chi connectivity index (χ4n) is 1.50. The highest BCUT2D eigenvalue weighted by molar-refractivity contribution is 7.09. The van der Waals surface area contributed by atoms with E-state index in [4.69, 9.17) is 21.1 Å². The van der Waals surface area contributed by atoms with Crippen LogP contribution in [0.25, 0.3) is 10.6 Å². The maximum absolute atomic E-state index is 5.69. The van der Waals surface area contributed by atoms with Crippen molar-refractivity contribution in [3.05, 3.63) is 23.5 Å². The first kappa shape index (κ1) is 9.86. The van der Waals surface area contributed by atoms with Gasteiger partial charge in [-0.15, -0.1) is 0 Å². The number of ether oxygens (including phenoxy) is 2. The molecule has 0 saturated heterocycles. The Morgan fingerprint density at radius 1 is 1.19 bits per heavy atom. The highest BCUT2D eigenvalue weighted by Gasteiger charge is 2.13. The molecule has 0 amide bonds. The number of benzene rings is 1. The van der Waals surface area contributed by atoms with Crippen LogP contribution in [0.1, 0.15) is 0 Å². The van der Waals surface area contributed by atoms with Gasteiger partial charge in [-0.2, -0.15) is 4.37 Å². The van der Waals surface area contributed by atoms with Crippen molar-refractivity contribution in [3.63, 3.8) is 0 Å². The molecule has 3 rings (SSSR count). The Bertz CT molecular complexity index is 529. The minimum Gasteiger partial charge on any atom is -0.486 e. The van der Waals surface area contributed by atoms with Gasteiger partial charge >= 0.3 is 0 Å². The summed E-state index contributed by atoms with van der Waals surface area (Å²) in [5.41, 5.74) is 0.939. The Morgan fingerprint density at radius 3 is 2.75 bits per heavy atom. The van der Waals surface area contributed by atoms with Crippen LogP contribution in [0.4, 0.5) is 0 Å². The fourth-order valence-corrected chi connectivity index (χ4v) is 2.30. The molecule has 0 N–H and O–H groups in total. The summed E-state index contributed by atoms with van der Waals surface area (Å²) in [7, 11) is 0. The predicted molar refractivity (Wildman–Crippen MR) is 61.3 cm³/mol. The molecule has 1 aromatic carbocycles. The monoisotopic (exact) mass is 254 g/mol. The van der Waals surface area contributed by atoms with Crippen LogP contribution in [-0.4, -0.2) is 22.6 Å². The first-order valence-corrected chi connectivity index (χ1v) is 5.87. The lowest BCUT2D eigenvalue weighted by molar-refractivity contribution is 0.171. The summed E-state index contributed by atoms with van der Waals surface area (Å²) in [6.45, 7) is 1.17. The number of fused-ring (bicyclic) bond motifs is 1. The molecule has 0 bridgehead atoms. The summed E-state index contributed by atoms with van der Waals surface area (Å²) in [6.07, 6.45) is 0. The zero-order chi connectivity index (χ0) is 11.0. The van der Waals surface area contributed by atoms with E-state index in [-0.39, 0.29) is 5.28 Å². The maximum atomic E-state index is 5.69. The third-order valence-electron chi connectivity index (χ3n) is 2.19. The molecule has 2 aromatic rings. The number of rotatable bonds is 1. The Balaban J connectivity index is 2.02. The topological polar surface area (TPSA) is 44.2 Å². The van der Waals surface area contributed by atoms with Gasteiger partial charge in [0, 0.05) is 5.56 Å². The molecular weight excluding hydrogens is 248 g/mol. The van der Waals surface area contributed by atoms with Crippen molar-refractivity contribution in [2.75, 3.05) is 13.2 Å². The van der Waals surface area contributed by atoms with Crippen LogP contribution in [0.3, 0.4) is 0 Å². The quantitative estimate of drug-likeness (QED) is 0.785. The highest BCUT2D eigenvalue weighted by Crippen LogP contribution is 2.35. The van der Waals surface area contributed by atoms with Crippen molar-refractivity contribution < 1.29 is 9.47 Å². The second-order valence-electron chi connectivity index (χ2n) is 3.23. The molecule has 0 radical (unpaired) electrons. The number of nitrogens with zero attached hydrogens (tertiary/aromatic N) is 2. The molecule has 82 valence electrons. The van der Waals surface area contributed by atoms with Crippen molar-refractivity contribution in [1.82, 2.24) is 9.36 Å². The van der Waals surface area contributed by atoms with Crippen LogP contribution in [0.5, 0.6) is 11.5 Å². The van der Waals surface area contributed by atoms with E-state index in [1.165, 1.54) is 11.5 Å². The van der Waals surface area contributed by atoms with E-state index in [1.807, 2.05) is 18.2 Å². The summed E-state index contributed by atoms with van der Waals surface area (Å²) in [4.78, 5) is 4.11. The second kappa shape index (κ2) is 3.92. The Morgan fingerprint density at radius 2 is 2.00 bits per heavy atom. The number of aromatic nitrogens is 2. The van der Waals surface area contributed by atoms with Gasteiger partial charge in [0.2, 0.25) is 5.28 Å². The van der Waals surface area contributed by atoms with Crippen molar-refractivity contribution in [1.29, 1.82) is 0 Å². The Labute approximate surface area is 101 Å². The summed E-state index contributed by atoms with van der Waals surface area (Å²) in [5, 5.41) is 1.05. The van der Waals surface area contributed by atoms with Crippen molar-refractivity contribution in [2.24, 2.45) is 0 Å². The van der Waals surface area contributed by atoms with Crippen LogP contribution in [0.15, 0.2) is 18.2 Å². The molecular formula is C10H7ClN2O2S. The largest absolute Gasteiger partial charge is 0.486 e. The minimum atomic E-state index is 0.273. The molecule has 4 nitrogen and oxygen atoms in total. The summed E-state index contributed by atoms with van der Waals surface area (Å²) >= 11 is 6.95. The molecule has 0 aliphatic carbocycles. The lowest BCUT2D eigenvalue weighted by atomic mass is 10.2. The molecule has 16 heavy (non-hydrogen) atoms. The SMILES string of the molecule is Clc1nsc(-c2ccc3c(c2)OCCO3)n1. The zero-order valence-electron chi connectivity index (χ0n) is 8.14. The number of hydrogen-bond acceptors (Lipinski definition) is 5. The van der Waals surface area contributed by atoms with E-state index in [2.05, 4.69) is 9.36 Å². The summed E-state index contributed by atoms with van der Waals surface area (Å²) in [6, 6.07) is 5.69. The van der Waals surface area contributed by atoms with Gasteiger partial charge in [-0.3, -0.25) is 0 Å². The third-order valence-corrected chi connectivity index (χ3v) is 3.22. The molecule has 1 aliphatic rings. The van der Waals surface area contributed by atoms with Gasteiger partial charge in [0.25, 0.3) is 0 Å². The lowest BCUT2D eigenvalue weighted by Gasteiger charge is -2.18. The molecule has 2 heterocycles. The normalized spacial score (nSPS) is 13.8. The average Bonchev–Trinajstić information content (AvgIpc) is 2.75. The van der Waals surface area contributed by atoms with Gasteiger partial charge in [0.05, 0.1) is 0 Å². The fraction of sp³-hybridized carbons (Fsp3) is 0.200. The summed E-state index contributed by atoms with van der Waals surface area (Å²) < 4.78 is 14.9. The molecule has 1 aromatic heterocycles. The summed E-state index contributed by atoms with van der Waals surface area (Å²) in [5.74, 6) is 1.51. The minimum absolute atomic E-state index is 0.273. The van der Waals surface area contributed by atoms with E-state index >= 15 is 0 Å². The van der Waals surface area contributed by atoms with Gasteiger partial charge < -0.3 is 9.47 Å². The van der Waals surface area contributed by atoms with Crippen LogP contribution in [0, 0.1) is 0 Å². The van der Waals surface area contributed by atoms with Crippen molar-refractivity contribution in [2.45, 2.75) is 0 Å². The third kappa shape index (κ3) is 1.72. The first-order chi connectivity index (χ1) is 7.83. The van der Waals surface area contributed by atoms with E-state index in [0.717, 1.165) is 22.1 Å². The van der Waals surface area contributed by atoms with Crippen molar-refractivity contribution >= 4 is 23.1 Å². The molecule has 0 atom stereocenters. The standard InChI is InChI=1S/C10H7ClN2O2S/c11-10-12-9(16-13-10)6-1-2-7-8(5-6)15-4-3-14-7/h1-2,5H,3-4H2. The molecule has 1 aliphatic heterocycles. The van der Waals surface area contributed by atoms with E-state index < -0.39 is 0 Å². The molecule has 0 spiro atoms. The first-order valence-electron chi connectivity index (χ1n) is 4.72. The maximum Gasteiger partial charge on any atom is 0.234 e. The molecule has 0 saturated carbocycles. The van der Waals surface area contributed by atoms with Gasteiger partial charge in [0.1, 0.15) is 18.2 Å². The number of halogens is 1. The Kier molecular flexibility index (Phi) is 2.41. The van der Waals surface area contributed by atoms with Gasteiger partial charge in [-0.1, -0.05) is 0 Å². The zero-order valence-corrected chi connectivity index (χ0v) is 9.72. The molecule has 6 heteroatoms.